The molecule has 0 bridgehead atoms. The largest absolute Gasteiger partial charge is 0.384 e. The molecule has 2 saturated heterocycles. The highest BCUT2D eigenvalue weighted by molar-refractivity contribution is 7.89. The van der Waals surface area contributed by atoms with Crippen LogP contribution in [0.4, 0.5) is 0 Å². The van der Waals surface area contributed by atoms with E-state index in [9.17, 15) is 8.42 Å². The minimum Gasteiger partial charge on any atom is -0.384 e. The zero-order valence-corrected chi connectivity index (χ0v) is 15.0. The lowest BCUT2D eigenvalue weighted by molar-refractivity contribution is -0.0547. The topological polar surface area (TPSA) is 49.9 Å². The molecule has 1 atom stereocenters. The number of benzene rings is 1. The third-order valence-corrected chi connectivity index (χ3v) is 7.16. The van der Waals surface area contributed by atoms with Gasteiger partial charge in [-0.2, -0.15) is 4.31 Å². The summed E-state index contributed by atoms with van der Waals surface area (Å²) in [5, 5.41) is 0. The minimum absolute atomic E-state index is 0.0147. The van der Waals surface area contributed by atoms with Crippen LogP contribution < -0.4 is 0 Å². The number of hydrogen-bond acceptors (Lipinski definition) is 4. The molecule has 3 rings (SSSR count). The SMILES string of the molecule is COCC1CCN(C)C2(C1)CN(S(=O)(=O)c1ccc(C)cc1)C2. The summed E-state index contributed by atoms with van der Waals surface area (Å²) in [6, 6.07) is 7.11. The lowest BCUT2D eigenvalue weighted by Gasteiger charge is -2.57. The molecule has 6 heteroatoms. The van der Waals surface area contributed by atoms with Crippen molar-refractivity contribution in [2.45, 2.75) is 30.2 Å². The summed E-state index contributed by atoms with van der Waals surface area (Å²) in [5.41, 5.74) is 1.05. The molecule has 2 aliphatic heterocycles. The van der Waals surface area contributed by atoms with Gasteiger partial charge in [0.2, 0.25) is 10.0 Å². The predicted octanol–water partition coefficient (Wildman–Crippen LogP) is 1.73. The van der Waals surface area contributed by atoms with Gasteiger partial charge in [0, 0.05) is 32.3 Å². The lowest BCUT2D eigenvalue weighted by Crippen LogP contribution is -2.72. The number of likely N-dealkylation sites (tertiary alicyclic amines) is 1. The Morgan fingerprint density at radius 3 is 2.52 bits per heavy atom. The molecule has 0 aromatic heterocycles. The number of sulfonamides is 1. The summed E-state index contributed by atoms with van der Waals surface area (Å²) in [5.74, 6) is 0.528. The van der Waals surface area contributed by atoms with Gasteiger partial charge in [0.15, 0.2) is 0 Å². The molecule has 23 heavy (non-hydrogen) atoms. The van der Waals surface area contributed by atoms with Crippen molar-refractivity contribution >= 4 is 10.0 Å². The molecule has 1 aromatic carbocycles. The number of methoxy groups -OCH3 is 1. The van der Waals surface area contributed by atoms with Crippen molar-refractivity contribution in [1.29, 1.82) is 0 Å². The molecule has 0 N–H and O–H groups in total. The standard InChI is InChI=1S/C17H26N2O3S/c1-14-4-6-16(7-5-14)23(20,21)19-12-17(13-19)10-15(11-22-3)8-9-18(17)2/h4-7,15H,8-13H2,1-3H3. The maximum absolute atomic E-state index is 12.7. The zero-order chi connectivity index (χ0) is 16.7. The Kier molecular flexibility index (Phi) is 4.53. The summed E-state index contributed by atoms with van der Waals surface area (Å²) >= 11 is 0. The number of rotatable bonds is 4. The minimum atomic E-state index is -3.37. The predicted molar refractivity (Wildman–Crippen MR) is 89.9 cm³/mol. The highest BCUT2D eigenvalue weighted by atomic mass is 32.2. The summed E-state index contributed by atoms with van der Waals surface area (Å²) in [6.07, 6.45) is 2.13. The first-order valence-electron chi connectivity index (χ1n) is 8.14. The Morgan fingerprint density at radius 1 is 1.26 bits per heavy atom. The molecular weight excluding hydrogens is 312 g/mol. The summed E-state index contributed by atoms with van der Waals surface area (Å²) in [4.78, 5) is 2.73. The van der Waals surface area contributed by atoms with E-state index in [0.29, 0.717) is 23.9 Å². The Hall–Kier alpha value is -0.950. The quantitative estimate of drug-likeness (QED) is 0.839. The first-order chi connectivity index (χ1) is 10.9. The Labute approximate surface area is 139 Å². The van der Waals surface area contributed by atoms with E-state index < -0.39 is 10.0 Å². The van der Waals surface area contributed by atoms with E-state index in [1.54, 1.807) is 23.5 Å². The summed E-state index contributed by atoms with van der Waals surface area (Å²) in [6.45, 7) is 4.90. The molecule has 2 aliphatic rings. The van der Waals surface area contributed by atoms with Crippen LogP contribution >= 0.6 is 0 Å². The van der Waals surface area contributed by atoms with E-state index >= 15 is 0 Å². The second kappa shape index (κ2) is 6.16. The van der Waals surface area contributed by atoms with Crippen LogP contribution in [0.3, 0.4) is 0 Å². The van der Waals surface area contributed by atoms with E-state index in [2.05, 4.69) is 11.9 Å². The normalized spacial score (nSPS) is 25.4. The van der Waals surface area contributed by atoms with Gasteiger partial charge in [-0.25, -0.2) is 8.42 Å². The van der Waals surface area contributed by atoms with E-state index in [4.69, 9.17) is 4.74 Å². The zero-order valence-electron chi connectivity index (χ0n) is 14.2. The number of hydrogen-bond donors (Lipinski definition) is 0. The van der Waals surface area contributed by atoms with Crippen molar-refractivity contribution in [3.8, 4) is 0 Å². The monoisotopic (exact) mass is 338 g/mol. The number of nitrogens with zero attached hydrogens (tertiary/aromatic N) is 2. The molecule has 1 spiro atoms. The summed E-state index contributed by atoms with van der Waals surface area (Å²) in [7, 11) is 0.474. The van der Waals surface area contributed by atoms with E-state index in [-0.39, 0.29) is 5.54 Å². The van der Waals surface area contributed by atoms with Crippen LogP contribution in [0.2, 0.25) is 0 Å². The fraction of sp³-hybridized carbons (Fsp3) is 0.647. The van der Waals surface area contributed by atoms with Crippen LogP contribution in [0.5, 0.6) is 0 Å². The van der Waals surface area contributed by atoms with Crippen LogP contribution in [-0.2, 0) is 14.8 Å². The van der Waals surface area contributed by atoms with E-state index in [0.717, 1.165) is 31.6 Å². The van der Waals surface area contributed by atoms with Gasteiger partial charge in [-0.05, 0) is 51.4 Å². The van der Waals surface area contributed by atoms with Crippen LogP contribution in [-0.4, -0.2) is 63.6 Å². The number of likely N-dealkylation sites (N-methyl/N-ethyl adjacent to an activating group) is 1. The molecule has 2 fully saturated rings. The van der Waals surface area contributed by atoms with Crippen LogP contribution in [0.15, 0.2) is 29.2 Å². The van der Waals surface area contributed by atoms with E-state index in [1.807, 2.05) is 19.1 Å². The van der Waals surface area contributed by atoms with Gasteiger partial charge in [0.25, 0.3) is 0 Å². The van der Waals surface area contributed by atoms with Gasteiger partial charge in [-0.15, -0.1) is 0 Å². The van der Waals surface area contributed by atoms with Crippen molar-refractivity contribution in [3.63, 3.8) is 0 Å². The number of ether oxygens (including phenoxy) is 1. The third-order valence-electron chi connectivity index (χ3n) is 5.35. The first-order valence-corrected chi connectivity index (χ1v) is 9.58. The highest BCUT2D eigenvalue weighted by Gasteiger charge is 2.53. The number of aryl methyl sites for hydroxylation is 1. The molecule has 1 aromatic rings. The number of piperidine rings is 1. The van der Waals surface area contributed by atoms with Crippen molar-refractivity contribution in [1.82, 2.24) is 9.21 Å². The van der Waals surface area contributed by atoms with Crippen LogP contribution in [0.25, 0.3) is 0 Å². The fourth-order valence-corrected chi connectivity index (χ4v) is 5.40. The average Bonchev–Trinajstić information content (AvgIpc) is 2.47. The summed E-state index contributed by atoms with van der Waals surface area (Å²) < 4.78 is 32.4. The van der Waals surface area contributed by atoms with E-state index in [1.165, 1.54) is 0 Å². The van der Waals surface area contributed by atoms with Gasteiger partial charge in [0.05, 0.1) is 4.90 Å². The fourth-order valence-electron chi connectivity index (χ4n) is 3.80. The maximum Gasteiger partial charge on any atom is 0.243 e. The Balaban J connectivity index is 1.72. The Bertz CT molecular complexity index is 651. The molecule has 2 heterocycles. The van der Waals surface area contributed by atoms with Gasteiger partial charge in [-0.3, -0.25) is 4.90 Å². The molecule has 128 valence electrons. The van der Waals surface area contributed by atoms with Gasteiger partial charge < -0.3 is 4.74 Å². The third kappa shape index (κ3) is 3.05. The highest BCUT2D eigenvalue weighted by Crippen LogP contribution is 2.40. The van der Waals surface area contributed by atoms with Gasteiger partial charge >= 0.3 is 0 Å². The van der Waals surface area contributed by atoms with Crippen molar-refractivity contribution in [2.24, 2.45) is 5.92 Å². The Morgan fingerprint density at radius 2 is 1.91 bits per heavy atom. The van der Waals surface area contributed by atoms with Gasteiger partial charge in [-0.1, -0.05) is 17.7 Å². The van der Waals surface area contributed by atoms with Crippen molar-refractivity contribution in [2.75, 3.05) is 40.4 Å². The van der Waals surface area contributed by atoms with Gasteiger partial charge in [0.1, 0.15) is 0 Å². The molecule has 5 nitrogen and oxygen atoms in total. The molecule has 0 amide bonds. The van der Waals surface area contributed by atoms with Crippen molar-refractivity contribution in [3.05, 3.63) is 29.8 Å². The first kappa shape index (κ1) is 16.9. The second-order valence-corrected chi connectivity index (χ2v) is 8.98. The van der Waals surface area contributed by atoms with Crippen LogP contribution in [0.1, 0.15) is 18.4 Å². The average molecular weight is 338 g/mol. The maximum atomic E-state index is 12.7. The lowest BCUT2D eigenvalue weighted by atomic mass is 9.77. The van der Waals surface area contributed by atoms with Crippen LogP contribution in [0, 0.1) is 12.8 Å². The molecule has 0 saturated carbocycles. The van der Waals surface area contributed by atoms with Crippen molar-refractivity contribution < 1.29 is 13.2 Å². The second-order valence-electron chi connectivity index (χ2n) is 7.05. The molecular formula is C17H26N2O3S. The molecule has 1 unspecified atom stereocenters. The molecule has 0 aliphatic carbocycles. The molecule has 0 radical (unpaired) electrons. The smallest absolute Gasteiger partial charge is 0.243 e.